The summed E-state index contributed by atoms with van der Waals surface area (Å²) in [6, 6.07) is 9.17. The van der Waals surface area contributed by atoms with Crippen molar-refractivity contribution in [2.45, 2.75) is 32.7 Å². The Balaban J connectivity index is 1.86. The van der Waals surface area contributed by atoms with Crippen LogP contribution in [0.25, 0.3) is 0 Å². The summed E-state index contributed by atoms with van der Waals surface area (Å²) in [5.41, 5.74) is 6.25. The number of rotatable bonds is 2. The van der Waals surface area contributed by atoms with Gasteiger partial charge in [-0.25, -0.2) is 4.98 Å². The molecule has 1 aliphatic rings. The Kier molecular flexibility index (Phi) is 3.19. The number of hydrogen-bond acceptors (Lipinski definition) is 2. The number of aromatic nitrogens is 1. The Labute approximate surface area is 118 Å². The molecule has 19 heavy (non-hydrogen) atoms. The smallest absolute Gasteiger partial charge is 0.132 e. The van der Waals surface area contributed by atoms with Gasteiger partial charge in [0.05, 0.1) is 17.9 Å². The first-order valence-electron chi connectivity index (χ1n) is 6.61. The van der Waals surface area contributed by atoms with Gasteiger partial charge in [0, 0.05) is 0 Å². The monoisotopic (exact) mass is 272 g/mol. The lowest BCUT2D eigenvalue weighted by molar-refractivity contribution is 0.761. The van der Waals surface area contributed by atoms with E-state index < -0.39 is 0 Å². The highest BCUT2D eigenvalue weighted by molar-refractivity contribution is 6.30. The van der Waals surface area contributed by atoms with Gasteiger partial charge in [0.2, 0.25) is 0 Å². The van der Waals surface area contributed by atoms with Crippen LogP contribution in [0.4, 0.5) is 5.69 Å². The van der Waals surface area contributed by atoms with Crippen LogP contribution in [-0.2, 0) is 6.42 Å². The molecule has 0 aliphatic heterocycles. The number of halogens is 1. The normalized spacial score (nSPS) is 17.3. The van der Waals surface area contributed by atoms with E-state index in [4.69, 9.17) is 11.6 Å². The molecule has 1 atom stereocenters. The maximum absolute atomic E-state index is 5.96. The van der Waals surface area contributed by atoms with Gasteiger partial charge in [-0.15, -0.1) is 0 Å². The third kappa shape index (κ3) is 2.45. The topological polar surface area (TPSA) is 24.9 Å². The maximum Gasteiger partial charge on any atom is 0.132 e. The highest BCUT2D eigenvalue weighted by atomic mass is 35.5. The average Bonchev–Trinajstić information content (AvgIpc) is 2.77. The van der Waals surface area contributed by atoms with Crippen LogP contribution < -0.4 is 5.32 Å². The van der Waals surface area contributed by atoms with Crippen LogP contribution in [0.1, 0.15) is 34.7 Å². The van der Waals surface area contributed by atoms with E-state index in [1.165, 1.54) is 16.7 Å². The van der Waals surface area contributed by atoms with Gasteiger partial charge in [-0.2, -0.15) is 0 Å². The van der Waals surface area contributed by atoms with Crippen molar-refractivity contribution in [3.8, 4) is 0 Å². The van der Waals surface area contributed by atoms with E-state index in [0.717, 1.165) is 24.1 Å². The summed E-state index contributed by atoms with van der Waals surface area (Å²) in [4.78, 5) is 4.20. The fourth-order valence-electron chi connectivity index (χ4n) is 2.71. The summed E-state index contributed by atoms with van der Waals surface area (Å²) in [6.45, 7) is 4.12. The van der Waals surface area contributed by atoms with Crippen molar-refractivity contribution in [2.75, 3.05) is 5.32 Å². The van der Waals surface area contributed by atoms with Crippen molar-refractivity contribution in [3.05, 3.63) is 57.9 Å². The molecule has 0 bridgehead atoms. The molecule has 0 radical (unpaired) electrons. The minimum atomic E-state index is 0.386. The lowest BCUT2D eigenvalue weighted by Crippen LogP contribution is -2.07. The lowest BCUT2D eigenvalue weighted by Gasteiger charge is -2.16. The molecule has 0 spiro atoms. The number of nitrogens with one attached hydrogen (secondary N) is 1. The van der Waals surface area contributed by atoms with E-state index in [1.807, 2.05) is 13.1 Å². The average molecular weight is 273 g/mol. The van der Waals surface area contributed by atoms with Crippen LogP contribution >= 0.6 is 11.6 Å². The standard InChI is InChI=1S/C16H17ClN2/c1-10-3-4-12-5-6-15(14(12)7-10)19-13-8-11(2)16(17)18-9-13/h3-4,7-9,15,19H,5-6H2,1-2H3. The summed E-state index contributed by atoms with van der Waals surface area (Å²) in [5.74, 6) is 0. The van der Waals surface area contributed by atoms with Crippen molar-refractivity contribution in [2.24, 2.45) is 0 Å². The van der Waals surface area contributed by atoms with Gasteiger partial charge in [0.1, 0.15) is 5.15 Å². The first-order chi connectivity index (χ1) is 9.13. The highest BCUT2D eigenvalue weighted by Crippen LogP contribution is 2.34. The quantitative estimate of drug-likeness (QED) is 0.817. The molecule has 1 aromatic carbocycles. The summed E-state index contributed by atoms with van der Waals surface area (Å²) < 4.78 is 0. The van der Waals surface area contributed by atoms with Crippen LogP contribution in [0.2, 0.25) is 5.15 Å². The predicted molar refractivity (Wildman–Crippen MR) is 79.8 cm³/mol. The van der Waals surface area contributed by atoms with Gasteiger partial charge >= 0.3 is 0 Å². The molecule has 2 aromatic rings. The number of anilines is 1. The first kappa shape index (κ1) is 12.5. The fraction of sp³-hybridized carbons (Fsp3) is 0.312. The van der Waals surface area contributed by atoms with Crippen LogP contribution in [-0.4, -0.2) is 4.98 Å². The van der Waals surface area contributed by atoms with E-state index in [0.29, 0.717) is 11.2 Å². The number of benzene rings is 1. The summed E-state index contributed by atoms with van der Waals surface area (Å²) in [5, 5.41) is 4.15. The van der Waals surface area contributed by atoms with Crippen LogP contribution in [0, 0.1) is 13.8 Å². The molecule has 3 rings (SSSR count). The van der Waals surface area contributed by atoms with Gasteiger partial charge in [0.25, 0.3) is 0 Å². The molecular weight excluding hydrogens is 256 g/mol. The highest BCUT2D eigenvalue weighted by Gasteiger charge is 2.22. The van der Waals surface area contributed by atoms with Gasteiger partial charge in [-0.05, 0) is 49.4 Å². The third-order valence-corrected chi connectivity index (χ3v) is 4.13. The largest absolute Gasteiger partial charge is 0.377 e. The molecule has 1 heterocycles. The molecule has 0 fully saturated rings. The van der Waals surface area contributed by atoms with Gasteiger partial charge in [0.15, 0.2) is 0 Å². The Morgan fingerprint density at radius 2 is 2.11 bits per heavy atom. The van der Waals surface area contributed by atoms with Crippen LogP contribution in [0.3, 0.4) is 0 Å². The molecule has 1 aliphatic carbocycles. The second kappa shape index (κ2) is 4.86. The van der Waals surface area contributed by atoms with E-state index >= 15 is 0 Å². The summed E-state index contributed by atoms with van der Waals surface area (Å²) in [6.07, 6.45) is 4.09. The third-order valence-electron chi connectivity index (χ3n) is 3.73. The molecule has 2 nitrogen and oxygen atoms in total. The molecular formula is C16H17ClN2. The zero-order valence-corrected chi connectivity index (χ0v) is 12.0. The molecule has 98 valence electrons. The minimum Gasteiger partial charge on any atom is -0.377 e. The molecule has 1 N–H and O–H groups in total. The zero-order chi connectivity index (χ0) is 13.4. The van der Waals surface area contributed by atoms with Gasteiger partial charge in [-0.3, -0.25) is 0 Å². The molecule has 0 saturated heterocycles. The maximum atomic E-state index is 5.96. The number of aryl methyl sites for hydroxylation is 3. The minimum absolute atomic E-state index is 0.386. The Bertz CT molecular complexity index is 622. The number of hydrogen-bond donors (Lipinski definition) is 1. The van der Waals surface area contributed by atoms with E-state index in [-0.39, 0.29) is 0 Å². The van der Waals surface area contributed by atoms with E-state index in [1.54, 1.807) is 0 Å². The van der Waals surface area contributed by atoms with Crippen molar-refractivity contribution < 1.29 is 0 Å². The second-order valence-corrected chi connectivity index (χ2v) is 5.63. The Morgan fingerprint density at radius 3 is 2.89 bits per heavy atom. The Hall–Kier alpha value is -1.54. The molecule has 3 heteroatoms. The van der Waals surface area contributed by atoms with Crippen molar-refractivity contribution in [3.63, 3.8) is 0 Å². The molecule has 1 unspecified atom stereocenters. The molecule has 1 aromatic heterocycles. The van der Waals surface area contributed by atoms with Crippen molar-refractivity contribution in [1.29, 1.82) is 0 Å². The lowest BCUT2D eigenvalue weighted by atomic mass is 10.0. The van der Waals surface area contributed by atoms with Crippen LogP contribution in [0.15, 0.2) is 30.5 Å². The predicted octanol–water partition coefficient (Wildman–Crippen LogP) is 4.45. The van der Waals surface area contributed by atoms with Crippen LogP contribution in [0.5, 0.6) is 0 Å². The summed E-state index contributed by atoms with van der Waals surface area (Å²) in [7, 11) is 0. The second-order valence-electron chi connectivity index (χ2n) is 5.27. The Morgan fingerprint density at radius 1 is 1.26 bits per heavy atom. The van der Waals surface area contributed by atoms with E-state index in [2.05, 4.69) is 41.5 Å². The van der Waals surface area contributed by atoms with Gasteiger partial charge < -0.3 is 5.32 Å². The fourth-order valence-corrected chi connectivity index (χ4v) is 2.81. The first-order valence-corrected chi connectivity index (χ1v) is 6.99. The number of pyridine rings is 1. The number of fused-ring (bicyclic) bond motifs is 1. The van der Waals surface area contributed by atoms with Gasteiger partial charge in [-0.1, -0.05) is 35.4 Å². The van der Waals surface area contributed by atoms with Crippen molar-refractivity contribution in [1.82, 2.24) is 4.98 Å². The molecule has 0 saturated carbocycles. The van der Waals surface area contributed by atoms with E-state index in [9.17, 15) is 0 Å². The van der Waals surface area contributed by atoms with Crippen molar-refractivity contribution >= 4 is 17.3 Å². The number of nitrogens with zero attached hydrogens (tertiary/aromatic N) is 1. The zero-order valence-electron chi connectivity index (χ0n) is 11.2. The summed E-state index contributed by atoms with van der Waals surface area (Å²) >= 11 is 5.96. The SMILES string of the molecule is Cc1ccc2c(c1)C(Nc1cnc(Cl)c(C)c1)CC2. The molecule has 0 amide bonds.